The first-order valence-electron chi connectivity index (χ1n) is 21.8. The predicted molar refractivity (Wildman–Crippen MR) is 241 cm³/mol. The average Bonchev–Trinajstić information content (AvgIpc) is 3.66. The molecular weight excluding hydrogens is 823 g/mol. The van der Waals surface area contributed by atoms with Gasteiger partial charge in [-0.3, -0.25) is 13.9 Å². The molecule has 15 nitrogen and oxygen atoms in total. The third-order valence-corrected chi connectivity index (χ3v) is 17.0. The first-order valence-corrected chi connectivity index (χ1v) is 23.9. The maximum atomic E-state index is 15.2. The van der Waals surface area contributed by atoms with Crippen molar-refractivity contribution in [3.8, 4) is 17.2 Å². The Balaban J connectivity index is 1.17. The van der Waals surface area contributed by atoms with Crippen LogP contribution in [0.4, 0.5) is 10.1 Å². The van der Waals surface area contributed by atoms with Gasteiger partial charge in [-0.05, 0) is 112 Å². The second-order valence-electron chi connectivity index (χ2n) is 17.2. The van der Waals surface area contributed by atoms with Gasteiger partial charge >= 0.3 is 5.69 Å². The van der Waals surface area contributed by atoms with Crippen molar-refractivity contribution in [3.05, 3.63) is 117 Å². The molecule has 2 aliphatic heterocycles. The normalized spacial score (nSPS) is 17.9. The molecule has 6 aromatic rings. The van der Waals surface area contributed by atoms with Crippen LogP contribution in [0, 0.1) is 19.7 Å². The van der Waals surface area contributed by atoms with Crippen LogP contribution < -0.4 is 22.0 Å². The number of carbonyl (C=O) groups excluding carboxylic acids is 1. The van der Waals surface area contributed by atoms with Crippen LogP contribution in [-0.2, 0) is 21.1 Å². The van der Waals surface area contributed by atoms with Gasteiger partial charge in [0, 0.05) is 74.5 Å². The van der Waals surface area contributed by atoms with Gasteiger partial charge in [-0.1, -0.05) is 19.0 Å². The third kappa shape index (κ3) is 6.80. The van der Waals surface area contributed by atoms with Crippen molar-refractivity contribution < 1.29 is 23.7 Å². The Kier molecular flexibility index (Phi) is 10.7. The second kappa shape index (κ2) is 16.0. The number of halogens is 1. The van der Waals surface area contributed by atoms with E-state index in [4.69, 9.17) is 20.7 Å². The van der Waals surface area contributed by atoms with Gasteiger partial charge in [0.15, 0.2) is 5.84 Å². The summed E-state index contributed by atoms with van der Waals surface area (Å²) < 4.78 is 41.0. The number of nitrogens with one attached hydrogen (secondary N) is 1. The van der Waals surface area contributed by atoms with Gasteiger partial charge in [0.05, 0.1) is 51.5 Å². The fourth-order valence-corrected chi connectivity index (χ4v) is 12.0. The molecule has 0 bridgehead atoms. The van der Waals surface area contributed by atoms with E-state index >= 15 is 9.18 Å². The molecule has 4 aromatic heterocycles. The van der Waals surface area contributed by atoms with Gasteiger partial charge < -0.3 is 30.5 Å². The Morgan fingerprint density at radius 3 is 2.40 bits per heavy atom. The van der Waals surface area contributed by atoms with Crippen LogP contribution in [0.5, 0.6) is 0 Å². The average molecular weight is 877 g/mol. The molecule has 3 aliphatic rings. The van der Waals surface area contributed by atoms with E-state index in [0.717, 1.165) is 29.2 Å². The molecule has 0 unspecified atom stereocenters. The number of ether oxygens (including phenoxy) is 1. The molecule has 0 spiro atoms. The van der Waals surface area contributed by atoms with Gasteiger partial charge in [0.1, 0.15) is 18.8 Å². The van der Waals surface area contributed by atoms with Crippen LogP contribution in [0.25, 0.3) is 22.7 Å². The lowest BCUT2D eigenvalue weighted by Gasteiger charge is -2.34. The zero-order chi connectivity index (χ0) is 44.5. The minimum absolute atomic E-state index is 0.0272. The summed E-state index contributed by atoms with van der Waals surface area (Å²) in [6.07, 6.45) is 9.55. The van der Waals surface area contributed by atoms with Gasteiger partial charge in [0.2, 0.25) is 0 Å². The fraction of sp³-hybridized carbons (Fsp3) is 0.413. The quantitative estimate of drug-likeness (QED) is 0.0419. The molecular formula is C46H54FN10O5P. The lowest BCUT2D eigenvalue weighted by Crippen LogP contribution is -2.40. The SMILES string of the molecule is CCP(=O)(CC)c1ccc(-n2ccn(-c3c4c(nn3-c3cc(C)c(F)c(C)c3)CCN(C(=O)c3cc5cc(C6CCOCC6)cnn5c3C3(/C(N)=N/O)CC3)[C@H]4C)c2=O)cc1NC. The summed E-state index contributed by atoms with van der Waals surface area (Å²) in [6, 6.07) is 12.3. The number of fused-ring (bicyclic) bond motifs is 2. The highest BCUT2D eigenvalue weighted by molar-refractivity contribution is 7.71. The van der Waals surface area contributed by atoms with Gasteiger partial charge in [-0.2, -0.15) is 10.2 Å². The third-order valence-electron chi connectivity index (χ3n) is 13.7. The van der Waals surface area contributed by atoms with Crippen molar-refractivity contribution in [3.63, 3.8) is 0 Å². The van der Waals surface area contributed by atoms with Crippen molar-refractivity contribution in [1.29, 1.82) is 0 Å². The van der Waals surface area contributed by atoms with E-state index in [2.05, 4.69) is 16.5 Å². The smallest absolute Gasteiger partial charge is 0.338 e. The maximum absolute atomic E-state index is 15.2. The van der Waals surface area contributed by atoms with Crippen LogP contribution in [-0.4, -0.2) is 89.5 Å². The largest absolute Gasteiger partial charge is 0.409 e. The number of amidine groups is 1. The lowest BCUT2D eigenvalue weighted by molar-refractivity contribution is 0.0675. The van der Waals surface area contributed by atoms with Crippen LogP contribution in [0.3, 0.4) is 0 Å². The standard InChI is InChI=1S/C46H54FN10O5P/c1-7-63(61,8-2)38-10-9-32(25-37(38)49-6)54-17-18-55(45(54)59)42-39-29(5)53(16-11-36(39)51-57(42)33-21-27(3)40(47)28(4)22-33)43(58)35-24-34-23-31(30-12-19-62-20-13-30)26-50-56(34)41(35)46(14-15-46)44(48)52-60/h9-10,17-18,21-26,29-30,49,60H,7-8,11-16,19-20H2,1-6H3,(H2,48,52)/t29-/m0/s1. The highest BCUT2D eigenvalue weighted by atomic mass is 31.2. The van der Waals surface area contributed by atoms with Gasteiger partial charge in [-0.15, -0.1) is 0 Å². The van der Waals surface area contributed by atoms with Gasteiger partial charge in [-0.25, -0.2) is 18.4 Å². The van der Waals surface area contributed by atoms with Crippen LogP contribution in [0.2, 0.25) is 0 Å². The van der Waals surface area contributed by atoms with Crippen molar-refractivity contribution in [1.82, 2.24) is 33.4 Å². The Labute approximate surface area is 364 Å². The number of hydrogen-bond acceptors (Lipinski definition) is 9. The molecule has 1 saturated carbocycles. The number of anilines is 1. The topological polar surface area (TPSA) is 179 Å². The van der Waals surface area contributed by atoms with Crippen molar-refractivity contribution in [2.24, 2.45) is 10.9 Å². The summed E-state index contributed by atoms with van der Waals surface area (Å²) >= 11 is 0. The molecule has 1 atom stereocenters. The number of amides is 1. The van der Waals surface area contributed by atoms with E-state index in [-0.39, 0.29) is 23.5 Å². The molecule has 1 amide bonds. The summed E-state index contributed by atoms with van der Waals surface area (Å²) in [4.78, 5) is 31.8. The van der Waals surface area contributed by atoms with E-state index in [1.807, 2.05) is 51.2 Å². The van der Waals surface area contributed by atoms with E-state index in [0.29, 0.717) is 108 Å². The molecule has 0 radical (unpaired) electrons. The molecule has 9 rings (SSSR count). The molecule has 2 fully saturated rings. The Morgan fingerprint density at radius 2 is 1.75 bits per heavy atom. The molecule has 4 N–H and O–H groups in total. The van der Waals surface area contributed by atoms with E-state index < -0.39 is 24.3 Å². The number of nitrogens with zero attached hydrogens (tertiary/aromatic N) is 8. The first kappa shape index (κ1) is 42.3. The molecule has 1 aliphatic carbocycles. The number of oxime groups is 1. The van der Waals surface area contributed by atoms with Gasteiger partial charge in [0.25, 0.3) is 5.91 Å². The highest BCUT2D eigenvalue weighted by Gasteiger charge is 2.54. The summed E-state index contributed by atoms with van der Waals surface area (Å²) in [5.41, 5.74) is 12.0. The second-order valence-corrected chi connectivity index (χ2v) is 20.7. The number of carbonyl (C=O) groups is 1. The van der Waals surface area contributed by atoms with Crippen molar-refractivity contribution in [2.45, 2.75) is 84.1 Å². The Morgan fingerprint density at radius 1 is 1.05 bits per heavy atom. The van der Waals surface area contributed by atoms with Crippen molar-refractivity contribution >= 4 is 35.4 Å². The number of aromatic nitrogens is 6. The molecule has 330 valence electrons. The molecule has 63 heavy (non-hydrogen) atoms. The molecule has 1 saturated heterocycles. The Hall–Kier alpha value is -5.99. The lowest BCUT2D eigenvalue weighted by atomic mass is 9.93. The maximum Gasteiger partial charge on any atom is 0.338 e. The number of rotatable bonds is 11. The number of hydrogen-bond donors (Lipinski definition) is 3. The monoisotopic (exact) mass is 876 g/mol. The summed E-state index contributed by atoms with van der Waals surface area (Å²) in [5, 5.41) is 27.3. The Bertz CT molecular complexity index is 2900. The van der Waals surface area contributed by atoms with E-state index in [1.165, 1.54) is 9.13 Å². The number of nitrogens with two attached hydrogens (primary N) is 1. The highest BCUT2D eigenvalue weighted by Crippen LogP contribution is 2.51. The summed E-state index contributed by atoms with van der Waals surface area (Å²) in [7, 11) is -0.869. The summed E-state index contributed by atoms with van der Waals surface area (Å²) in [6.45, 7) is 10.9. The van der Waals surface area contributed by atoms with Crippen molar-refractivity contribution in [2.75, 3.05) is 44.4 Å². The fourth-order valence-electron chi connectivity index (χ4n) is 9.86. The number of imidazole rings is 1. The van der Waals surface area contributed by atoms with Crippen LogP contribution in [0.1, 0.15) is 102 Å². The molecule has 17 heteroatoms. The molecule has 2 aromatic carbocycles. The number of aryl methyl sites for hydroxylation is 2. The predicted octanol–water partition coefficient (Wildman–Crippen LogP) is 6.72. The van der Waals surface area contributed by atoms with E-state index in [1.54, 1.807) is 59.5 Å². The zero-order valence-electron chi connectivity index (χ0n) is 36.6. The minimum atomic E-state index is -2.65. The number of benzene rings is 2. The van der Waals surface area contributed by atoms with Crippen LogP contribution in [0.15, 0.2) is 71.0 Å². The zero-order valence-corrected chi connectivity index (χ0v) is 37.5. The first-order chi connectivity index (χ1) is 30.3. The minimum Gasteiger partial charge on any atom is -0.409 e. The van der Waals surface area contributed by atoms with Crippen LogP contribution >= 0.6 is 7.14 Å². The van der Waals surface area contributed by atoms with E-state index in [9.17, 15) is 14.6 Å². The summed E-state index contributed by atoms with van der Waals surface area (Å²) in [5.74, 6) is 0.151. The molecule has 6 heterocycles.